The zero-order chi connectivity index (χ0) is 12.1. The Labute approximate surface area is 105 Å². The Balaban J connectivity index is 1.73. The number of hydrogen-bond donors (Lipinski definition) is 2. The molecule has 17 heavy (non-hydrogen) atoms. The van der Waals surface area contributed by atoms with Crippen molar-refractivity contribution in [2.24, 2.45) is 11.5 Å². The van der Waals surface area contributed by atoms with Crippen molar-refractivity contribution in [1.82, 2.24) is 4.90 Å². The minimum absolute atomic E-state index is 0.0335. The minimum atomic E-state index is -0.329. The molecule has 3 nitrogen and oxygen atoms in total. The molecular weight excluding hydrogens is 210 g/mol. The first kappa shape index (κ1) is 12.8. The van der Waals surface area contributed by atoms with Crippen LogP contribution >= 0.6 is 0 Å². The van der Waals surface area contributed by atoms with Gasteiger partial charge in [-0.05, 0) is 45.3 Å². The van der Waals surface area contributed by atoms with Crippen molar-refractivity contribution in [3.63, 3.8) is 0 Å². The van der Waals surface area contributed by atoms with Gasteiger partial charge in [0.05, 0.1) is 5.54 Å². The summed E-state index contributed by atoms with van der Waals surface area (Å²) in [6.45, 7) is 3.70. The van der Waals surface area contributed by atoms with E-state index in [4.69, 9.17) is 11.5 Å². The third-order valence-corrected chi connectivity index (χ3v) is 3.99. The molecule has 0 saturated carbocycles. The molecule has 2 rings (SSSR count). The van der Waals surface area contributed by atoms with E-state index < -0.39 is 0 Å². The zero-order valence-corrected chi connectivity index (χ0v) is 10.6. The summed E-state index contributed by atoms with van der Waals surface area (Å²) in [6.07, 6.45) is 14.3. The second-order valence-electron chi connectivity index (χ2n) is 5.39. The van der Waals surface area contributed by atoms with Gasteiger partial charge >= 0.3 is 0 Å². The molecule has 2 unspecified atom stereocenters. The van der Waals surface area contributed by atoms with E-state index in [1.807, 2.05) is 18.2 Å². The summed E-state index contributed by atoms with van der Waals surface area (Å²) in [7, 11) is 0. The van der Waals surface area contributed by atoms with Gasteiger partial charge in [-0.1, -0.05) is 30.7 Å². The quantitative estimate of drug-likeness (QED) is 0.774. The molecule has 1 saturated heterocycles. The van der Waals surface area contributed by atoms with Gasteiger partial charge < -0.3 is 16.4 Å². The highest BCUT2D eigenvalue weighted by Crippen LogP contribution is 2.20. The molecule has 2 aliphatic rings. The van der Waals surface area contributed by atoms with Gasteiger partial charge in [-0.25, -0.2) is 0 Å². The van der Waals surface area contributed by atoms with E-state index in [1.54, 1.807) is 0 Å². The summed E-state index contributed by atoms with van der Waals surface area (Å²) in [5, 5.41) is 0. The first-order valence-electron chi connectivity index (χ1n) is 6.83. The predicted octanol–water partition coefficient (Wildman–Crippen LogP) is 1.40. The van der Waals surface area contributed by atoms with Crippen LogP contribution in [-0.4, -0.2) is 36.1 Å². The Bertz CT molecular complexity index is 292. The lowest BCUT2D eigenvalue weighted by atomic mass is 9.83. The molecule has 0 aromatic heterocycles. The van der Waals surface area contributed by atoms with Crippen LogP contribution in [0.3, 0.4) is 0 Å². The van der Waals surface area contributed by atoms with E-state index in [1.165, 1.54) is 38.9 Å². The molecule has 1 aliphatic carbocycles. The van der Waals surface area contributed by atoms with E-state index >= 15 is 0 Å². The molecule has 0 amide bonds. The molecule has 1 aliphatic heterocycles. The number of piperidine rings is 1. The van der Waals surface area contributed by atoms with E-state index in [0.717, 1.165) is 12.8 Å². The Hall–Kier alpha value is -0.640. The average molecular weight is 235 g/mol. The maximum Gasteiger partial charge on any atom is 0.0532 e. The summed E-state index contributed by atoms with van der Waals surface area (Å²) in [4.78, 5) is 2.56. The van der Waals surface area contributed by atoms with Crippen LogP contribution in [0, 0.1) is 0 Å². The molecule has 1 heterocycles. The maximum absolute atomic E-state index is 6.34. The number of nitrogens with two attached hydrogens (primary N) is 2. The van der Waals surface area contributed by atoms with Crippen molar-refractivity contribution in [3.05, 3.63) is 24.3 Å². The standard InChI is InChI=1S/C14H25N3/c15-13-7-2-3-8-14(13,16)9-6-12-17-10-4-1-5-11-17/h2-3,7-8,13H,1,4-6,9-12,15-16H2. The zero-order valence-electron chi connectivity index (χ0n) is 10.6. The van der Waals surface area contributed by atoms with E-state index in [-0.39, 0.29) is 11.6 Å². The molecule has 0 aromatic rings. The molecule has 0 bridgehead atoms. The number of rotatable bonds is 4. The number of likely N-dealkylation sites (tertiary alicyclic amines) is 1. The largest absolute Gasteiger partial charge is 0.323 e. The highest BCUT2D eigenvalue weighted by atomic mass is 15.1. The SMILES string of the molecule is NC1C=CC=CC1(N)CCCN1CCCCC1. The molecule has 3 heteroatoms. The van der Waals surface area contributed by atoms with Crippen molar-refractivity contribution >= 4 is 0 Å². The van der Waals surface area contributed by atoms with Gasteiger partial charge in [0, 0.05) is 6.04 Å². The summed E-state index contributed by atoms with van der Waals surface area (Å²) in [5.41, 5.74) is 12.1. The van der Waals surface area contributed by atoms with Gasteiger partial charge in [-0.15, -0.1) is 0 Å². The van der Waals surface area contributed by atoms with Crippen LogP contribution < -0.4 is 11.5 Å². The van der Waals surface area contributed by atoms with Crippen molar-refractivity contribution in [2.45, 2.75) is 43.7 Å². The van der Waals surface area contributed by atoms with Gasteiger partial charge in [0.2, 0.25) is 0 Å². The Morgan fingerprint density at radius 2 is 1.94 bits per heavy atom. The third-order valence-electron chi connectivity index (χ3n) is 3.99. The van der Waals surface area contributed by atoms with E-state index in [0.29, 0.717) is 0 Å². The van der Waals surface area contributed by atoms with Crippen molar-refractivity contribution in [1.29, 1.82) is 0 Å². The smallest absolute Gasteiger partial charge is 0.0532 e. The minimum Gasteiger partial charge on any atom is -0.323 e. The predicted molar refractivity (Wildman–Crippen MR) is 72.7 cm³/mol. The monoisotopic (exact) mass is 235 g/mol. The van der Waals surface area contributed by atoms with Crippen molar-refractivity contribution < 1.29 is 0 Å². The van der Waals surface area contributed by atoms with E-state index in [2.05, 4.69) is 11.0 Å². The highest BCUT2D eigenvalue weighted by Gasteiger charge is 2.29. The molecule has 1 fully saturated rings. The van der Waals surface area contributed by atoms with E-state index in [9.17, 15) is 0 Å². The fourth-order valence-corrected chi connectivity index (χ4v) is 2.75. The van der Waals surface area contributed by atoms with Gasteiger partial charge in [-0.2, -0.15) is 0 Å². The second kappa shape index (κ2) is 5.80. The Kier molecular flexibility index (Phi) is 4.37. The average Bonchev–Trinajstić information content (AvgIpc) is 2.35. The molecule has 2 atom stereocenters. The van der Waals surface area contributed by atoms with Crippen molar-refractivity contribution in [2.75, 3.05) is 19.6 Å². The summed E-state index contributed by atoms with van der Waals surface area (Å²) in [5.74, 6) is 0. The van der Waals surface area contributed by atoms with Crippen LogP contribution in [0.25, 0.3) is 0 Å². The fourth-order valence-electron chi connectivity index (χ4n) is 2.75. The molecule has 0 radical (unpaired) electrons. The number of nitrogens with zero attached hydrogens (tertiary/aromatic N) is 1. The topological polar surface area (TPSA) is 55.3 Å². The molecule has 4 N–H and O–H groups in total. The van der Waals surface area contributed by atoms with Crippen LogP contribution in [-0.2, 0) is 0 Å². The molecule has 96 valence electrons. The third kappa shape index (κ3) is 3.41. The van der Waals surface area contributed by atoms with Crippen molar-refractivity contribution in [3.8, 4) is 0 Å². The van der Waals surface area contributed by atoms with Gasteiger partial charge in [0.15, 0.2) is 0 Å². The number of allylic oxidation sites excluding steroid dienone is 2. The lowest BCUT2D eigenvalue weighted by Gasteiger charge is -2.34. The second-order valence-corrected chi connectivity index (χ2v) is 5.39. The molecule has 0 aromatic carbocycles. The molecular formula is C14H25N3. The summed E-state index contributed by atoms with van der Waals surface area (Å²) < 4.78 is 0. The Morgan fingerprint density at radius 3 is 2.65 bits per heavy atom. The van der Waals surface area contributed by atoms with Crippen LogP contribution in [0.1, 0.15) is 32.1 Å². The van der Waals surface area contributed by atoms with Gasteiger partial charge in [0.1, 0.15) is 0 Å². The summed E-state index contributed by atoms with van der Waals surface area (Å²) in [6, 6.07) is -0.0335. The van der Waals surface area contributed by atoms with Gasteiger partial charge in [-0.3, -0.25) is 0 Å². The van der Waals surface area contributed by atoms with Crippen LogP contribution in [0.5, 0.6) is 0 Å². The normalized spacial score (nSPS) is 34.1. The van der Waals surface area contributed by atoms with Crippen LogP contribution in [0.15, 0.2) is 24.3 Å². The Morgan fingerprint density at radius 1 is 1.18 bits per heavy atom. The maximum atomic E-state index is 6.34. The van der Waals surface area contributed by atoms with Gasteiger partial charge in [0.25, 0.3) is 0 Å². The number of hydrogen-bond acceptors (Lipinski definition) is 3. The first-order valence-corrected chi connectivity index (χ1v) is 6.83. The first-order chi connectivity index (χ1) is 8.21. The lowest BCUT2D eigenvalue weighted by Crippen LogP contribution is -2.54. The summed E-state index contributed by atoms with van der Waals surface area (Å²) >= 11 is 0. The van der Waals surface area contributed by atoms with Crippen LogP contribution in [0.2, 0.25) is 0 Å². The fraction of sp³-hybridized carbons (Fsp3) is 0.714. The van der Waals surface area contributed by atoms with Crippen LogP contribution in [0.4, 0.5) is 0 Å². The molecule has 0 spiro atoms. The highest BCUT2D eigenvalue weighted by molar-refractivity contribution is 5.25. The lowest BCUT2D eigenvalue weighted by molar-refractivity contribution is 0.218.